The molecule has 0 bridgehead atoms. The molecule has 0 fully saturated rings. The van der Waals surface area contributed by atoms with Gasteiger partial charge >= 0.3 is 0 Å². The van der Waals surface area contributed by atoms with E-state index < -0.39 is 11.1 Å². The summed E-state index contributed by atoms with van der Waals surface area (Å²) in [7, 11) is 0. The van der Waals surface area contributed by atoms with Crippen LogP contribution in [0.4, 0.5) is 5.82 Å². The van der Waals surface area contributed by atoms with Crippen LogP contribution in [-0.4, -0.2) is 26.2 Å². The van der Waals surface area contributed by atoms with E-state index in [1.807, 2.05) is 20.8 Å². The van der Waals surface area contributed by atoms with Gasteiger partial charge in [0.05, 0.1) is 11.1 Å². The van der Waals surface area contributed by atoms with E-state index in [9.17, 15) is 5.11 Å². The summed E-state index contributed by atoms with van der Waals surface area (Å²) in [5, 5.41) is 13.4. The van der Waals surface area contributed by atoms with Gasteiger partial charge in [0.15, 0.2) is 0 Å². The summed E-state index contributed by atoms with van der Waals surface area (Å²) in [6.07, 6.45) is 0. The average molecular weight is 244 g/mol. The van der Waals surface area contributed by atoms with Gasteiger partial charge in [0.1, 0.15) is 5.82 Å². The van der Waals surface area contributed by atoms with Crippen LogP contribution in [-0.2, 0) is 0 Å². The molecule has 1 aromatic rings. The van der Waals surface area contributed by atoms with Gasteiger partial charge in [-0.15, -0.1) is 0 Å². The molecule has 0 aromatic carbocycles. The number of anilines is 1. The third-order valence-electron chi connectivity index (χ3n) is 2.80. The van der Waals surface area contributed by atoms with Crippen LogP contribution >= 0.6 is 11.6 Å². The summed E-state index contributed by atoms with van der Waals surface area (Å²) >= 11 is 5.77. The highest BCUT2D eigenvalue weighted by Crippen LogP contribution is 2.25. The molecule has 4 nitrogen and oxygen atoms in total. The first-order valence-corrected chi connectivity index (χ1v) is 5.51. The first-order valence-electron chi connectivity index (χ1n) is 5.13. The van der Waals surface area contributed by atoms with E-state index >= 15 is 0 Å². The van der Waals surface area contributed by atoms with Crippen molar-refractivity contribution in [2.24, 2.45) is 0 Å². The number of hydrogen-bond acceptors (Lipinski definition) is 4. The van der Waals surface area contributed by atoms with E-state index in [0.29, 0.717) is 5.82 Å². The Balaban J connectivity index is 2.96. The molecule has 0 atom stereocenters. The normalized spacial score (nSPS) is 12.7. The van der Waals surface area contributed by atoms with Gasteiger partial charge in [-0.25, -0.2) is 9.97 Å². The predicted octanol–water partition coefficient (Wildman–Crippen LogP) is 2.40. The number of aryl methyl sites for hydroxylation is 1. The average Bonchev–Trinajstić information content (AvgIpc) is 1.97. The number of aliphatic hydroxyl groups is 1. The number of hydrogen-bond donors (Lipinski definition) is 2. The molecular formula is C11H18ClN3O. The molecule has 5 heteroatoms. The molecule has 1 heterocycles. The maximum Gasteiger partial charge on any atom is 0.224 e. The second kappa shape index (κ2) is 4.18. The van der Waals surface area contributed by atoms with Crippen molar-refractivity contribution in [1.82, 2.24) is 9.97 Å². The fourth-order valence-electron chi connectivity index (χ4n) is 1.07. The molecule has 16 heavy (non-hydrogen) atoms. The number of halogens is 1. The minimum Gasteiger partial charge on any atom is -0.388 e. The van der Waals surface area contributed by atoms with Crippen LogP contribution < -0.4 is 5.32 Å². The number of aromatic nitrogens is 2. The van der Waals surface area contributed by atoms with E-state index in [4.69, 9.17) is 11.6 Å². The van der Waals surface area contributed by atoms with Crippen molar-refractivity contribution in [3.8, 4) is 0 Å². The van der Waals surface area contributed by atoms with Gasteiger partial charge in [-0.3, -0.25) is 0 Å². The molecule has 0 aliphatic heterocycles. The lowest BCUT2D eigenvalue weighted by Gasteiger charge is -2.38. The molecule has 90 valence electrons. The van der Waals surface area contributed by atoms with Crippen LogP contribution in [0.3, 0.4) is 0 Å². The van der Waals surface area contributed by atoms with E-state index in [1.165, 1.54) is 0 Å². The zero-order valence-corrected chi connectivity index (χ0v) is 11.1. The number of nitrogens with zero attached hydrogens (tertiary/aromatic N) is 2. The molecule has 0 unspecified atom stereocenters. The first-order chi connectivity index (χ1) is 7.12. The topological polar surface area (TPSA) is 58.0 Å². The van der Waals surface area contributed by atoms with Gasteiger partial charge in [0.25, 0.3) is 0 Å². The van der Waals surface area contributed by atoms with Crippen molar-refractivity contribution in [1.29, 1.82) is 0 Å². The van der Waals surface area contributed by atoms with Gasteiger partial charge in [0, 0.05) is 11.8 Å². The summed E-state index contributed by atoms with van der Waals surface area (Å²) in [6.45, 7) is 9.14. The number of rotatable bonds is 3. The molecule has 1 aromatic heterocycles. The molecular weight excluding hydrogens is 226 g/mol. The van der Waals surface area contributed by atoms with Crippen LogP contribution in [0.2, 0.25) is 5.28 Å². The van der Waals surface area contributed by atoms with Gasteiger partial charge in [-0.2, -0.15) is 0 Å². The molecule has 0 saturated carbocycles. The Morgan fingerprint density at radius 2 is 1.81 bits per heavy atom. The Labute approximate surface area is 101 Å². The smallest absolute Gasteiger partial charge is 0.224 e. The summed E-state index contributed by atoms with van der Waals surface area (Å²) in [5.41, 5.74) is -0.607. The second-order valence-corrected chi connectivity index (χ2v) is 5.31. The quantitative estimate of drug-likeness (QED) is 0.801. The Kier molecular flexibility index (Phi) is 3.45. The molecule has 0 amide bonds. The fraction of sp³-hybridized carbons (Fsp3) is 0.636. The Bertz CT molecular complexity index is 365. The summed E-state index contributed by atoms with van der Waals surface area (Å²) in [6, 6.07) is 1.79. The molecule has 2 N–H and O–H groups in total. The zero-order valence-electron chi connectivity index (χ0n) is 10.3. The SMILES string of the molecule is Cc1cc(NC(C)(C)C(C)(C)O)nc(Cl)n1. The highest BCUT2D eigenvalue weighted by atomic mass is 35.5. The van der Waals surface area contributed by atoms with E-state index in [0.717, 1.165) is 5.69 Å². The predicted molar refractivity (Wildman–Crippen MR) is 65.8 cm³/mol. The lowest BCUT2D eigenvalue weighted by atomic mass is 9.86. The summed E-state index contributed by atoms with van der Waals surface area (Å²) in [4.78, 5) is 8.04. The largest absolute Gasteiger partial charge is 0.388 e. The van der Waals surface area contributed by atoms with Crippen LogP contribution in [0.25, 0.3) is 0 Å². The molecule has 0 aliphatic carbocycles. The van der Waals surface area contributed by atoms with E-state index in [1.54, 1.807) is 19.9 Å². The van der Waals surface area contributed by atoms with Crippen LogP contribution in [0, 0.1) is 6.92 Å². The van der Waals surface area contributed by atoms with Gasteiger partial charge in [-0.05, 0) is 46.2 Å². The fourth-order valence-corrected chi connectivity index (χ4v) is 1.29. The van der Waals surface area contributed by atoms with E-state index in [2.05, 4.69) is 15.3 Å². The Morgan fingerprint density at radius 1 is 1.25 bits per heavy atom. The van der Waals surface area contributed by atoms with Crippen LogP contribution in [0.1, 0.15) is 33.4 Å². The van der Waals surface area contributed by atoms with Crippen molar-refractivity contribution in [2.75, 3.05) is 5.32 Å². The van der Waals surface area contributed by atoms with Crippen LogP contribution in [0.5, 0.6) is 0 Å². The summed E-state index contributed by atoms with van der Waals surface area (Å²) < 4.78 is 0. The highest BCUT2D eigenvalue weighted by molar-refractivity contribution is 6.28. The maximum absolute atomic E-state index is 10.0. The van der Waals surface area contributed by atoms with Crippen molar-refractivity contribution in [3.05, 3.63) is 17.0 Å². The van der Waals surface area contributed by atoms with Crippen molar-refractivity contribution >= 4 is 17.4 Å². The van der Waals surface area contributed by atoms with Crippen LogP contribution in [0.15, 0.2) is 6.07 Å². The van der Waals surface area contributed by atoms with Crippen molar-refractivity contribution in [3.63, 3.8) is 0 Å². The second-order valence-electron chi connectivity index (χ2n) is 4.97. The minimum absolute atomic E-state index is 0.203. The van der Waals surface area contributed by atoms with Gasteiger partial charge in [-0.1, -0.05) is 0 Å². The monoisotopic (exact) mass is 243 g/mol. The van der Waals surface area contributed by atoms with Gasteiger partial charge in [0.2, 0.25) is 5.28 Å². The first kappa shape index (κ1) is 13.2. The summed E-state index contributed by atoms with van der Waals surface area (Å²) in [5.74, 6) is 0.615. The molecule has 0 aliphatic rings. The Hall–Kier alpha value is -0.870. The third-order valence-corrected chi connectivity index (χ3v) is 2.97. The Morgan fingerprint density at radius 3 is 2.25 bits per heavy atom. The lowest BCUT2D eigenvalue weighted by Crippen LogP contribution is -2.51. The number of nitrogens with one attached hydrogen (secondary N) is 1. The van der Waals surface area contributed by atoms with Crippen molar-refractivity contribution < 1.29 is 5.11 Å². The third kappa shape index (κ3) is 3.06. The zero-order chi connectivity index (χ0) is 12.6. The minimum atomic E-state index is -0.877. The standard InChI is InChI=1S/C11H18ClN3O/c1-7-6-8(14-9(12)13-7)15-10(2,3)11(4,5)16/h6,16H,1-5H3,(H,13,14,15). The maximum atomic E-state index is 10.0. The molecule has 0 spiro atoms. The van der Waals surface area contributed by atoms with E-state index in [-0.39, 0.29) is 5.28 Å². The molecule has 1 rings (SSSR count). The molecule has 0 radical (unpaired) electrons. The lowest BCUT2D eigenvalue weighted by molar-refractivity contribution is 0.0238. The van der Waals surface area contributed by atoms with Gasteiger partial charge < -0.3 is 10.4 Å². The molecule has 0 saturated heterocycles. The van der Waals surface area contributed by atoms with Crippen molar-refractivity contribution in [2.45, 2.75) is 45.8 Å². The highest BCUT2D eigenvalue weighted by Gasteiger charge is 2.35.